The predicted molar refractivity (Wildman–Crippen MR) is 78.1 cm³/mol. The van der Waals surface area contributed by atoms with Crippen molar-refractivity contribution in [1.82, 2.24) is 0 Å². The average molecular weight is 272 g/mol. The summed E-state index contributed by atoms with van der Waals surface area (Å²) in [4.78, 5) is 12.4. The van der Waals surface area contributed by atoms with Crippen LogP contribution in [0.15, 0.2) is 23.6 Å². The van der Waals surface area contributed by atoms with Crippen LogP contribution in [0.5, 0.6) is 0 Å². The zero-order valence-electron chi connectivity index (χ0n) is 10.9. The zero-order valence-corrected chi connectivity index (χ0v) is 11.7. The van der Waals surface area contributed by atoms with Crippen molar-refractivity contribution in [3.63, 3.8) is 0 Å². The number of aryl methyl sites for hydroxylation is 3. The van der Waals surface area contributed by atoms with Crippen LogP contribution < -0.4 is 0 Å². The summed E-state index contributed by atoms with van der Waals surface area (Å²) in [5.41, 5.74) is 5.20. The third-order valence-corrected chi connectivity index (χ3v) is 4.75. The van der Waals surface area contributed by atoms with E-state index in [2.05, 4.69) is 18.2 Å². The van der Waals surface area contributed by atoms with Gasteiger partial charge in [0.1, 0.15) is 0 Å². The molecule has 0 aliphatic heterocycles. The van der Waals surface area contributed by atoms with Gasteiger partial charge in [-0.3, -0.25) is 0 Å². The first-order valence-corrected chi connectivity index (χ1v) is 7.48. The summed E-state index contributed by atoms with van der Waals surface area (Å²) >= 11 is 1.51. The number of benzene rings is 1. The highest BCUT2D eigenvalue weighted by Gasteiger charge is 2.18. The van der Waals surface area contributed by atoms with E-state index in [4.69, 9.17) is 0 Å². The van der Waals surface area contributed by atoms with Crippen molar-refractivity contribution in [2.24, 2.45) is 0 Å². The molecule has 19 heavy (non-hydrogen) atoms. The molecule has 0 amide bonds. The fourth-order valence-corrected chi connectivity index (χ4v) is 3.72. The summed E-state index contributed by atoms with van der Waals surface area (Å²) in [5.74, 6) is -0.836. The van der Waals surface area contributed by atoms with Gasteiger partial charge < -0.3 is 5.11 Å². The van der Waals surface area contributed by atoms with Gasteiger partial charge in [-0.05, 0) is 49.3 Å². The van der Waals surface area contributed by atoms with Crippen LogP contribution in [0, 0.1) is 6.92 Å². The van der Waals surface area contributed by atoms with Crippen molar-refractivity contribution in [3.8, 4) is 11.1 Å². The number of fused-ring (bicyclic) bond motifs is 1. The smallest absolute Gasteiger partial charge is 0.337 e. The molecule has 0 radical (unpaired) electrons. The molecule has 0 fully saturated rings. The van der Waals surface area contributed by atoms with E-state index in [1.54, 1.807) is 5.38 Å². The van der Waals surface area contributed by atoms with Crippen molar-refractivity contribution in [2.45, 2.75) is 32.6 Å². The summed E-state index contributed by atoms with van der Waals surface area (Å²) in [7, 11) is 0. The summed E-state index contributed by atoms with van der Waals surface area (Å²) < 4.78 is 0. The Balaban J connectivity index is 2.12. The van der Waals surface area contributed by atoms with Gasteiger partial charge in [0.2, 0.25) is 0 Å². The van der Waals surface area contributed by atoms with Crippen molar-refractivity contribution in [2.75, 3.05) is 0 Å². The predicted octanol–water partition coefficient (Wildman–Crippen LogP) is 4.30. The lowest BCUT2D eigenvalue weighted by atomic mass is 9.88. The van der Waals surface area contributed by atoms with E-state index in [0.717, 1.165) is 28.8 Å². The van der Waals surface area contributed by atoms with E-state index in [0.29, 0.717) is 5.56 Å². The lowest BCUT2D eigenvalue weighted by molar-refractivity contribution is 0.0698. The largest absolute Gasteiger partial charge is 0.478 e. The van der Waals surface area contributed by atoms with Crippen LogP contribution in [0.2, 0.25) is 0 Å². The lowest BCUT2D eigenvalue weighted by Crippen LogP contribution is -2.03. The van der Waals surface area contributed by atoms with Gasteiger partial charge >= 0.3 is 5.97 Å². The molecule has 3 heteroatoms. The topological polar surface area (TPSA) is 37.3 Å². The SMILES string of the molecule is Cc1scc(C(=O)O)c1-c1ccc2c(c1)CCCC2. The van der Waals surface area contributed by atoms with Crippen LogP contribution in [0.25, 0.3) is 11.1 Å². The molecule has 98 valence electrons. The van der Waals surface area contributed by atoms with E-state index < -0.39 is 5.97 Å². The Morgan fingerprint density at radius 2 is 1.95 bits per heavy atom. The Kier molecular flexibility index (Phi) is 3.15. The summed E-state index contributed by atoms with van der Waals surface area (Å²) in [5, 5.41) is 11.0. The minimum absolute atomic E-state index is 0.429. The molecule has 0 spiro atoms. The number of aromatic carboxylic acids is 1. The van der Waals surface area contributed by atoms with Gasteiger partial charge in [0.15, 0.2) is 0 Å². The first kappa shape index (κ1) is 12.4. The molecule has 1 N–H and O–H groups in total. The summed E-state index contributed by atoms with van der Waals surface area (Å²) in [6, 6.07) is 6.44. The molecule has 1 aromatic heterocycles. The third kappa shape index (κ3) is 2.19. The maximum atomic E-state index is 11.3. The molecular weight excluding hydrogens is 256 g/mol. The Hall–Kier alpha value is -1.61. The van der Waals surface area contributed by atoms with E-state index in [9.17, 15) is 9.90 Å². The maximum Gasteiger partial charge on any atom is 0.337 e. The summed E-state index contributed by atoms with van der Waals surface area (Å²) in [6.45, 7) is 1.99. The first-order chi connectivity index (χ1) is 9.16. The lowest BCUT2D eigenvalue weighted by Gasteiger charge is -2.17. The van der Waals surface area contributed by atoms with Gasteiger partial charge in [0, 0.05) is 15.8 Å². The quantitative estimate of drug-likeness (QED) is 0.885. The van der Waals surface area contributed by atoms with Crippen LogP contribution in [0.1, 0.15) is 39.2 Å². The van der Waals surface area contributed by atoms with Gasteiger partial charge in [0.25, 0.3) is 0 Å². The molecule has 0 bridgehead atoms. The van der Waals surface area contributed by atoms with Crippen molar-refractivity contribution in [1.29, 1.82) is 0 Å². The molecule has 3 rings (SSSR count). The monoisotopic (exact) mass is 272 g/mol. The highest BCUT2D eigenvalue weighted by Crippen LogP contribution is 2.34. The number of carboxylic acid groups (broad SMARTS) is 1. The van der Waals surface area contributed by atoms with Crippen molar-refractivity contribution < 1.29 is 9.90 Å². The Bertz CT molecular complexity index is 640. The number of carboxylic acids is 1. The van der Waals surface area contributed by atoms with Crippen LogP contribution >= 0.6 is 11.3 Å². The maximum absolute atomic E-state index is 11.3. The molecule has 0 unspecified atom stereocenters. The van der Waals surface area contributed by atoms with E-state index in [-0.39, 0.29) is 0 Å². The first-order valence-electron chi connectivity index (χ1n) is 6.60. The highest BCUT2D eigenvalue weighted by molar-refractivity contribution is 7.10. The van der Waals surface area contributed by atoms with Crippen LogP contribution in [0.3, 0.4) is 0 Å². The number of hydrogen-bond acceptors (Lipinski definition) is 2. The Labute approximate surface area is 116 Å². The number of hydrogen-bond donors (Lipinski definition) is 1. The average Bonchev–Trinajstić information content (AvgIpc) is 2.80. The number of thiophene rings is 1. The fraction of sp³-hybridized carbons (Fsp3) is 0.312. The number of carbonyl (C=O) groups is 1. The second kappa shape index (κ2) is 4.82. The van der Waals surface area contributed by atoms with Crippen LogP contribution in [-0.2, 0) is 12.8 Å². The normalized spacial score (nSPS) is 14.2. The fourth-order valence-electron chi connectivity index (χ4n) is 2.86. The van der Waals surface area contributed by atoms with Crippen LogP contribution in [-0.4, -0.2) is 11.1 Å². The van der Waals surface area contributed by atoms with Gasteiger partial charge in [0.05, 0.1) is 5.56 Å². The minimum Gasteiger partial charge on any atom is -0.478 e. The van der Waals surface area contributed by atoms with E-state index in [1.807, 2.05) is 6.92 Å². The third-order valence-electron chi connectivity index (χ3n) is 3.84. The molecule has 0 saturated carbocycles. The highest BCUT2D eigenvalue weighted by atomic mass is 32.1. The summed E-state index contributed by atoms with van der Waals surface area (Å²) in [6.07, 6.45) is 4.79. The van der Waals surface area contributed by atoms with Gasteiger partial charge in [-0.15, -0.1) is 11.3 Å². The van der Waals surface area contributed by atoms with Crippen molar-refractivity contribution in [3.05, 3.63) is 45.1 Å². The molecule has 0 atom stereocenters. The molecule has 2 nitrogen and oxygen atoms in total. The van der Waals surface area contributed by atoms with Crippen LogP contribution in [0.4, 0.5) is 0 Å². The zero-order chi connectivity index (χ0) is 13.4. The Morgan fingerprint density at radius 3 is 2.68 bits per heavy atom. The Morgan fingerprint density at radius 1 is 1.21 bits per heavy atom. The molecule has 0 saturated heterocycles. The molecule has 1 aliphatic carbocycles. The molecule has 1 aromatic carbocycles. The molecule has 2 aromatic rings. The molecule has 1 heterocycles. The minimum atomic E-state index is -0.836. The van der Waals surface area contributed by atoms with E-state index >= 15 is 0 Å². The van der Waals surface area contributed by atoms with Gasteiger partial charge in [-0.1, -0.05) is 18.2 Å². The van der Waals surface area contributed by atoms with Gasteiger partial charge in [-0.2, -0.15) is 0 Å². The second-order valence-corrected chi connectivity index (χ2v) is 6.16. The molecule has 1 aliphatic rings. The van der Waals surface area contributed by atoms with E-state index in [1.165, 1.54) is 35.3 Å². The second-order valence-electron chi connectivity index (χ2n) is 5.08. The number of rotatable bonds is 2. The molecular formula is C16H16O2S. The standard InChI is InChI=1S/C16H16O2S/c1-10-15(14(9-19-10)16(17)18)13-7-6-11-4-2-3-5-12(11)8-13/h6-9H,2-5H2,1H3,(H,17,18). The van der Waals surface area contributed by atoms with Gasteiger partial charge in [-0.25, -0.2) is 4.79 Å². The van der Waals surface area contributed by atoms with Crippen molar-refractivity contribution >= 4 is 17.3 Å².